The van der Waals surface area contributed by atoms with E-state index in [0.29, 0.717) is 32.5 Å². The van der Waals surface area contributed by atoms with Crippen molar-refractivity contribution in [2.75, 3.05) is 25.3 Å². The van der Waals surface area contributed by atoms with Crippen molar-refractivity contribution in [3.63, 3.8) is 0 Å². The molecule has 1 N–H and O–H groups in total. The Kier molecular flexibility index (Phi) is 6.99. The number of fused-ring (bicyclic) bond motifs is 1. The highest BCUT2D eigenvalue weighted by molar-refractivity contribution is 8.00. The van der Waals surface area contributed by atoms with Crippen molar-refractivity contribution in [2.24, 2.45) is 0 Å². The van der Waals surface area contributed by atoms with Gasteiger partial charge in [0.1, 0.15) is 11.5 Å². The first-order valence-corrected chi connectivity index (χ1v) is 12.3. The second-order valence-corrected chi connectivity index (χ2v) is 10.1. The highest BCUT2D eigenvalue weighted by atomic mass is 32.2. The molecular formula is C24H25N3O4S2. The molecule has 1 amide bonds. The van der Waals surface area contributed by atoms with E-state index in [9.17, 15) is 9.59 Å². The zero-order chi connectivity index (χ0) is 23.5. The summed E-state index contributed by atoms with van der Waals surface area (Å²) in [5.74, 6) is 1.01. The molecule has 0 spiro atoms. The lowest BCUT2D eigenvalue weighted by atomic mass is 10.2. The summed E-state index contributed by atoms with van der Waals surface area (Å²) < 4.78 is 12.2. The molecule has 7 nitrogen and oxygen atoms in total. The Balaban J connectivity index is 1.60. The van der Waals surface area contributed by atoms with E-state index < -0.39 is 0 Å². The van der Waals surface area contributed by atoms with Gasteiger partial charge in [0.05, 0.1) is 41.9 Å². The average Bonchev–Trinajstić information content (AvgIpc) is 3.19. The average molecular weight is 484 g/mol. The van der Waals surface area contributed by atoms with Gasteiger partial charge in [0.2, 0.25) is 5.91 Å². The third kappa shape index (κ3) is 5.04. The molecular weight excluding hydrogens is 458 g/mol. The lowest BCUT2D eigenvalue weighted by molar-refractivity contribution is -0.113. The standard InChI is InChI=1S/C24H25N3O4S2/c1-14-5-7-16(8-6-14)27-23(29)22-19(11-15(2)33-22)26-24(27)32-13-21(28)25-18-10-9-17(30-3)12-20(18)31-4/h5-10,12,15H,11,13H2,1-4H3,(H,25,28). The van der Waals surface area contributed by atoms with Crippen molar-refractivity contribution in [3.8, 4) is 17.2 Å². The van der Waals surface area contributed by atoms with Gasteiger partial charge in [0.15, 0.2) is 5.16 Å². The number of amides is 1. The summed E-state index contributed by atoms with van der Waals surface area (Å²) >= 11 is 2.80. The maximum atomic E-state index is 13.4. The van der Waals surface area contributed by atoms with Gasteiger partial charge in [-0.25, -0.2) is 4.98 Å². The fraction of sp³-hybridized carbons (Fsp3) is 0.292. The Labute approximate surface area is 200 Å². The van der Waals surface area contributed by atoms with Crippen LogP contribution in [0.2, 0.25) is 0 Å². The van der Waals surface area contributed by atoms with Crippen molar-refractivity contribution < 1.29 is 14.3 Å². The number of carbonyl (C=O) groups is 1. The molecule has 1 aromatic heterocycles. The number of aryl methyl sites for hydroxylation is 1. The SMILES string of the molecule is COc1ccc(NC(=O)CSc2nc3c(c(=O)n2-c2ccc(C)cc2)SC(C)C3)c(OC)c1. The summed E-state index contributed by atoms with van der Waals surface area (Å²) in [5.41, 5.74) is 3.11. The first kappa shape index (κ1) is 23.3. The molecule has 0 radical (unpaired) electrons. The second-order valence-electron chi connectivity index (χ2n) is 7.68. The number of hydrogen-bond acceptors (Lipinski definition) is 7. The number of ether oxygens (including phenoxy) is 2. The molecule has 4 rings (SSSR count). The van der Waals surface area contributed by atoms with Gasteiger partial charge in [-0.2, -0.15) is 0 Å². The smallest absolute Gasteiger partial charge is 0.272 e. The predicted molar refractivity (Wildman–Crippen MR) is 132 cm³/mol. The minimum Gasteiger partial charge on any atom is -0.497 e. The minimum atomic E-state index is -0.226. The van der Waals surface area contributed by atoms with E-state index in [1.54, 1.807) is 41.6 Å². The van der Waals surface area contributed by atoms with Gasteiger partial charge in [-0.3, -0.25) is 14.2 Å². The molecule has 9 heteroatoms. The van der Waals surface area contributed by atoms with Crippen LogP contribution < -0.4 is 20.3 Å². The van der Waals surface area contributed by atoms with Crippen LogP contribution in [0.3, 0.4) is 0 Å². The van der Waals surface area contributed by atoms with Crippen LogP contribution in [0.25, 0.3) is 5.69 Å². The van der Waals surface area contributed by atoms with E-state index in [0.717, 1.165) is 23.4 Å². The lowest BCUT2D eigenvalue weighted by Crippen LogP contribution is -2.24. The fourth-order valence-corrected chi connectivity index (χ4v) is 5.46. The molecule has 0 saturated carbocycles. The zero-order valence-electron chi connectivity index (χ0n) is 18.9. The van der Waals surface area contributed by atoms with E-state index in [2.05, 4.69) is 12.2 Å². The first-order valence-electron chi connectivity index (χ1n) is 10.4. The second kappa shape index (κ2) is 9.93. The van der Waals surface area contributed by atoms with Crippen molar-refractivity contribution in [1.29, 1.82) is 0 Å². The summed E-state index contributed by atoms with van der Waals surface area (Å²) in [6, 6.07) is 12.9. The lowest BCUT2D eigenvalue weighted by Gasteiger charge is -2.14. The van der Waals surface area contributed by atoms with Crippen molar-refractivity contribution in [2.45, 2.75) is 35.6 Å². The van der Waals surface area contributed by atoms with Crippen LogP contribution in [-0.4, -0.2) is 40.7 Å². The van der Waals surface area contributed by atoms with E-state index >= 15 is 0 Å². The number of nitrogens with zero attached hydrogens (tertiary/aromatic N) is 2. The number of carbonyl (C=O) groups excluding carboxylic acids is 1. The Morgan fingerprint density at radius 3 is 2.67 bits per heavy atom. The van der Waals surface area contributed by atoms with Crippen molar-refractivity contribution in [3.05, 3.63) is 64.1 Å². The summed E-state index contributed by atoms with van der Waals surface area (Å²) in [5, 5.41) is 3.68. The highest BCUT2D eigenvalue weighted by Crippen LogP contribution is 2.35. The normalized spacial score (nSPS) is 14.6. The molecule has 2 heterocycles. The van der Waals surface area contributed by atoms with Crippen LogP contribution in [-0.2, 0) is 11.2 Å². The number of benzene rings is 2. The molecule has 1 unspecified atom stereocenters. The van der Waals surface area contributed by atoms with Crippen LogP contribution >= 0.6 is 23.5 Å². The van der Waals surface area contributed by atoms with E-state index in [-0.39, 0.29) is 17.2 Å². The van der Waals surface area contributed by atoms with Gasteiger partial charge in [-0.15, -0.1) is 11.8 Å². The number of nitrogens with one attached hydrogen (secondary N) is 1. The molecule has 0 aliphatic carbocycles. The quantitative estimate of drug-likeness (QED) is 0.396. The number of rotatable bonds is 7. The topological polar surface area (TPSA) is 82.5 Å². The Morgan fingerprint density at radius 1 is 1.21 bits per heavy atom. The molecule has 2 aromatic carbocycles. The molecule has 0 bridgehead atoms. The summed E-state index contributed by atoms with van der Waals surface area (Å²) in [6.07, 6.45) is 0.743. The van der Waals surface area contributed by atoms with Gasteiger partial charge in [-0.05, 0) is 31.2 Å². The fourth-order valence-electron chi connectivity index (χ4n) is 3.54. The van der Waals surface area contributed by atoms with Gasteiger partial charge in [0, 0.05) is 17.7 Å². The van der Waals surface area contributed by atoms with E-state index in [4.69, 9.17) is 14.5 Å². The summed E-state index contributed by atoms with van der Waals surface area (Å²) in [7, 11) is 3.10. The Morgan fingerprint density at radius 2 is 1.97 bits per heavy atom. The number of methoxy groups -OCH3 is 2. The molecule has 33 heavy (non-hydrogen) atoms. The Bertz CT molecular complexity index is 1240. The maximum absolute atomic E-state index is 13.4. The molecule has 3 aromatic rings. The van der Waals surface area contributed by atoms with Crippen LogP contribution in [0.15, 0.2) is 57.3 Å². The first-order chi connectivity index (χ1) is 15.9. The third-order valence-electron chi connectivity index (χ3n) is 5.19. The molecule has 0 saturated heterocycles. The monoisotopic (exact) mass is 483 g/mol. The van der Waals surface area contributed by atoms with Gasteiger partial charge in [0.25, 0.3) is 5.56 Å². The van der Waals surface area contributed by atoms with Crippen LogP contribution in [0.4, 0.5) is 5.69 Å². The molecule has 1 atom stereocenters. The zero-order valence-corrected chi connectivity index (χ0v) is 20.5. The van der Waals surface area contributed by atoms with Crippen molar-refractivity contribution >= 4 is 35.1 Å². The van der Waals surface area contributed by atoms with Crippen LogP contribution in [0, 0.1) is 6.92 Å². The summed E-state index contributed by atoms with van der Waals surface area (Å²) in [4.78, 5) is 31.6. The minimum absolute atomic E-state index is 0.0852. The Hall–Kier alpha value is -2.91. The van der Waals surface area contributed by atoms with Gasteiger partial charge >= 0.3 is 0 Å². The van der Waals surface area contributed by atoms with Crippen LogP contribution in [0.5, 0.6) is 11.5 Å². The van der Waals surface area contributed by atoms with Gasteiger partial charge in [-0.1, -0.05) is 36.4 Å². The molecule has 1 aliphatic heterocycles. The van der Waals surface area contributed by atoms with Crippen LogP contribution in [0.1, 0.15) is 18.2 Å². The van der Waals surface area contributed by atoms with Crippen molar-refractivity contribution in [1.82, 2.24) is 9.55 Å². The molecule has 0 fully saturated rings. The van der Waals surface area contributed by atoms with Gasteiger partial charge < -0.3 is 14.8 Å². The predicted octanol–water partition coefficient (Wildman–Crippen LogP) is 4.33. The van der Waals surface area contributed by atoms with E-state index in [1.165, 1.54) is 18.9 Å². The maximum Gasteiger partial charge on any atom is 0.272 e. The number of anilines is 1. The molecule has 172 valence electrons. The number of aromatic nitrogens is 2. The highest BCUT2D eigenvalue weighted by Gasteiger charge is 2.27. The third-order valence-corrected chi connectivity index (χ3v) is 7.34. The number of thioether (sulfide) groups is 2. The van der Waals surface area contributed by atoms with E-state index in [1.807, 2.05) is 31.2 Å². The number of hydrogen-bond donors (Lipinski definition) is 1. The molecule has 1 aliphatic rings. The summed E-state index contributed by atoms with van der Waals surface area (Å²) in [6.45, 7) is 4.09. The largest absolute Gasteiger partial charge is 0.497 e.